The number of hydrogen-bond acceptors (Lipinski definition) is 2. The summed E-state index contributed by atoms with van der Waals surface area (Å²) in [7, 11) is 0. The smallest absolute Gasteiger partial charge is 0.262 e. The van der Waals surface area contributed by atoms with Crippen LogP contribution in [0.1, 0.15) is 38.1 Å². The Morgan fingerprint density at radius 1 is 1.33 bits per heavy atom. The van der Waals surface area contributed by atoms with Gasteiger partial charge in [0, 0.05) is 30.2 Å². The van der Waals surface area contributed by atoms with Gasteiger partial charge in [-0.15, -0.1) is 0 Å². The summed E-state index contributed by atoms with van der Waals surface area (Å²) in [5.41, 5.74) is 1.24. The number of unbranched alkanes of at least 4 members (excludes halogenated alkanes) is 1. The molecular formula is C17H23ClNOS+. The van der Waals surface area contributed by atoms with Gasteiger partial charge in [-0.2, -0.15) is 4.57 Å². The van der Waals surface area contributed by atoms with Crippen molar-refractivity contribution < 1.29 is 9.30 Å². The van der Waals surface area contributed by atoms with E-state index in [2.05, 4.69) is 35.8 Å². The molecule has 0 spiro atoms. The average Bonchev–Trinajstić information content (AvgIpc) is 2.82. The third-order valence-electron chi connectivity index (χ3n) is 3.32. The molecule has 0 radical (unpaired) electrons. The van der Waals surface area contributed by atoms with Gasteiger partial charge in [0.25, 0.3) is 5.01 Å². The number of thiazole rings is 1. The molecule has 0 aliphatic heterocycles. The highest BCUT2D eigenvalue weighted by Gasteiger charge is 2.18. The van der Waals surface area contributed by atoms with E-state index in [1.807, 2.05) is 24.3 Å². The van der Waals surface area contributed by atoms with Gasteiger partial charge < -0.3 is 4.74 Å². The van der Waals surface area contributed by atoms with Crippen LogP contribution in [0.5, 0.6) is 0 Å². The standard InChI is InChI=1S/C17H23ClNOS/c1-3-5-11-19-15-13-14(18)9-10-16(15)21-17(19)8-6-7-12-20-4-2/h6,8-10,13H,3-5,7,11-12H2,1-2H3/q+1. The lowest BCUT2D eigenvalue weighted by Crippen LogP contribution is -2.34. The Balaban J connectivity index is 2.24. The SMILES string of the molecule is CCCC[n+]1c(C=CCCOCC)sc2ccc(Cl)cc21. The minimum atomic E-state index is 0.783. The van der Waals surface area contributed by atoms with Crippen LogP contribution >= 0.6 is 22.9 Å². The van der Waals surface area contributed by atoms with Crippen molar-refractivity contribution in [2.75, 3.05) is 13.2 Å². The fourth-order valence-electron chi connectivity index (χ4n) is 2.22. The first-order valence-corrected chi connectivity index (χ1v) is 8.81. The molecule has 1 aromatic heterocycles. The first-order valence-electron chi connectivity index (χ1n) is 7.62. The Bertz CT molecular complexity index is 606. The van der Waals surface area contributed by atoms with Crippen molar-refractivity contribution >= 4 is 39.2 Å². The summed E-state index contributed by atoms with van der Waals surface area (Å²) in [4.78, 5) is 0. The first kappa shape index (κ1) is 16.5. The van der Waals surface area contributed by atoms with Crippen LogP contribution in [0, 0.1) is 0 Å². The van der Waals surface area contributed by atoms with Gasteiger partial charge in [0.1, 0.15) is 4.70 Å². The highest BCUT2D eigenvalue weighted by Crippen LogP contribution is 2.24. The molecule has 114 valence electrons. The summed E-state index contributed by atoms with van der Waals surface area (Å²) in [6.45, 7) is 6.87. The maximum Gasteiger partial charge on any atom is 0.262 e. The molecule has 0 saturated heterocycles. The van der Waals surface area contributed by atoms with Crippen molar-refractivity contribution in [2.45, 2.75) is 39.7 Å². The number of rotatable bonds is 8. The van der Waals surface area contributed by atoms with Crippen LogP contribution in [-0.4, -0.2) is 13.2 Å². The number of fused-ring (bicyclic) bond motifs is 1. The summed E-state index contributed by atoms with van der Waals surface area (Å²) in [6, 6.07) is 6.15. The van der Waals surface area contributed by atoms with Crippen molar-refractivity contribution in [3.05, 3.63) is 34.3 Å². The molecular weight excluding hydrogens is 302 g/mol. The largest absolute Gasteiger partial charge is 0.381 e. The molecule has 0 saturated carbocycles. The summed E-state index contributed by atoms with van der Waals surface area (Å²) in [5.74, 6) is 0. The minimum Gasteiger partial charge on any atom is -0.381 e. The van der Waals surface area contributed by atoms with E-state index < -0.39 is 0 Å². The van der Waals surface area contributed by atoms with Gasteiger partial charge in [-0.05, 0) is 25.5 Å². The number of benzene rings is 1. The Labute approximate surface area is 136 Å². The predicted octanol–water partition coefficient (Wildman–Crippen LogP) is 5.08. The molecule has 21 heavy (non-hydrogen) atoms. The highest BCUT2D eigenvalue weighted by molar-refractivity contribution is 7.18. The van der Waals surface area contributed by atoms with Crippen LogP contribution in [-0.2, 0) is 11.3 Å². The Kier molecular flexibility index (Phi) is 6.68. The molecule has 0 amide bonds. The van der Waals surface area contributed by atoms with Gasteiger partial charge in [-0.25, -0.2) is 0 Å². The van der Waals surface area contributed by atoms with E-state index in [-0.39, 0.29) is 0 Å². The Hall–Kier alpha value is -0.900. The maximum atomic E-state index is 6.15. The molecule has 2 rings (SSSR count). The normalized spacial score (nSPS) is 11.8. The molecule has 0 aliphatic carbocycles. The molecule has 1 aromatic carbocycles. The van der Waals surface area contributed by atoms with Gasteiger partial charge in [-0.3, -0.25) is 0 Å². The molecule has 0 bridgehead atoms. The van der Waals surface area contributed by atoms with Crippen molar-refractivity contribution in [3.8, 4) is 0 Å². The number of aromatic nitrogens is 1. The van der Waals surface area contributed by atoms with Gasteiger partial charge >= 0.3 is 0 Å². The Morgan fingerprint density at radius 2 is 2.19 bits per heavy atom. The van der Waals surface area contributed by atoms with Crippen LogP contribution in [0.25, 0.3) is 16.3 Å². The summed E-state index contributed by atoms with van der Waals surface area (Å²) >= 11 is 7.98. The van der Waals surface area contributed by atoms with E-state index in [0.717, 1.165) is 31.2 Å². The molecule has 2 aromatic rings. The lowest BCUT2D eigenvalue weighted by Gasteiger charge is -1.97. The average molecular weight is 325 g/mol. The number of ether oxygens (including phenoxy) is 1. The second kappa shape index (κ2) is 8.52. The summed E-state index contributed by atoms with van der Waals surface area (Å²) in [5, 5.41) is 2.09. The second-order valence-electron chi connectivity index (χ2n) is 4.95. The maximum absolute atomic E-state index is 6.15. The van der Waals surface area contributed by atoms with Gasteiger partial charge in [0.15, 0.2) is 6.54 Å². The predicted molar refractivity (Wildman–Crippen MR) is 92.1 cm³/mol. The molecule has 0 unspecified atom stereocenters. The third-order valence-corrected chi connectivity index (χ3v) is 4.69. The van der Waals surface area contributed by atoms with Crippen LogP contribution in [0.15, 0.2) is 24.3 Å². The van der Waals surface area contributed by atoms with Gasteiger partial charge in [-0.1, -0.05) is 42.4 Å². The van der Waals surface area contributed by atoms with E-state index in [9.17, 15) is 0 Å². The fraction of sp³-hybridized carbons (Fsp3) is 0.471. The molecule has 4 heteroatoms. The zero-order chi connectivity index (χ0) is 15.1. The lowest BCUT2D eigenvalue weighted by atomic mass is 10.3. The number of hydrogen-bond donors (Lipinski definition) is 0. The second-order valence-corrected chi connectivity index (χ2v) is 6.44. The zero-order valence-corrected chi connectivity index (χ0v) is 14.3. The van der Waals surface area contributed by atoms with E-state index >= 15 is 0 Å². The van der Waals surface area contributed by atoms with Crippen LogP contribution in [0.3, 0.4) is 0 Å². The molecule has 0 N–H and O–H groups in total. The minimum absolute atomic E-state index is 0.783. The van der Waals surface area contributed by atoms with Crippen molar-refractivity contribution in [1.29, 1.82) is 0 Å². The zero-order valence-electron chi connectivity index (χ0n) is 12.8. The third kappa shape index (κ3) is 4.53. The molecule has 0 atom stereocenters. The quantitative estimate of drug-likeness (QED) is 0.487. The van der Waals surface area contributed by atoms with E-state index in [1.54, 1.807) is 0 Å². The van der Waals surface area contributed by atoms with Crippen LogP contribution in [0.4, 0.5) is 0 Å². The van der Waals surface area contributed by atoms with E-state index in [0.29, 0.717) is 0 Å². The number of aryl methyl sites for hydroxylation is 1. The van der Waals surface area contributed by atoms with Crippen molar-refractivity contribution in [2.24, 2.45) is 0 Å². The first-order chi connectivity index (χ1) is 10.3. The van der Waals surface area contributed by atoms with Crippen LogP contribution < -0.4 is 4.57 Å². The molecule has 0 fully saturated rings. The summed E-state index contributed by atoms with van der Waals surface area (Å²) in [6.07, 6.45) is 7.75. The summed E-state index contributed by atoms with van der Waals surface area (Å²) < 4.78 is 9.04. The number of nitrogens with zero attached hydrogens (tertiary/aromatic N) is 1. The monoisotopic (exact) mass is 324 g/mol. The Morgan fingerprint density at radius 3 is 2.95 bits per heavy atom. The van der Waals surface area contributed by atoms with E-state index in [4.69, 9.17) is 16.3 Å². The van der Waals surface area contributed by atoms with Crippen molar-refractivity contribution in [3.63, 3.8) is 0 Å². The lowest BCUT2D eigenvalue weighted by molar-refractivity contribution is -0.669. The fourth-order valence-corrected chi connectivity index (χ4v) is 3.49. The van der Waals surface area contributed by atoms with Gasteiger partial charge in [0.2, 0.25) is 5.52 Å². The molecule has 2 nitrogen and oxygen atoms in total. The topological polar surface area (TPSA) is 13.1 Å². The van der Waals surface area contributed by atoms with Gasteiger partial charge in [0.05, 0.1) is 6.61 Å². The molecule has 0 aliphatic rings. The molecule has 1 heterocycles. The van der Waals surface area contributed by atoms with Crippen LogP contribution in [0.2, 0.25) is 5.02 Å². The van der Waals surface area contributed by atoms with Crippen molar-refractivity contribution in [1.82, 2.24) is 0 Å². The highest BCUT2D eigenvalue weighted by atomic mass is 35.5. The van der Waals surface area contributed by atoms with E-state index in [1.165, 1.54) is 28.1 Å². The number of halogens is 1.